The van der Waals surface area contributed by atoms with Crippen molar-refractivity contribution >= 4 is 46.2 Å². The topological polar surface area (TPSA) is 176 Å². The molecule has 3 N–H and O–H groups in total. The van der Waals surface area contributed by atoms with Crippen LogP contribution in [0.4, 0.5) is 4.79 Å². The number of hydrogen-bond acceptors (Lipinski definition) is 10. The second kappa shape index (κ2) is 14.4. The lowest BCUT2D eigenvalue weighted by Gasteiger charge is -2.30. The molecule has 0 spiro atoms. The molecule has 262 valence electrons. The van der Waals surface area contributed by atoms with E-state index in [4.69, 9.17) is 19.4 Å². The number of benzene rings is 1. The number of allylic oxidation sites excluding steroid dienone is 1. The molecule has 1 aromatic carbocycles. The van der Waals surface area contributed by atoms with Crippen LogP contribution in [0.3, 0.4) is 0 Å². The molecule has 3 aliphatic rings. The van der Waals surface area contributed by atoms with Crippen molar-refractivity contribution in [3.05, 3.63) is 53.9 Å². The summed E-state index contributed by atoms with van der Waals surface area (Å²) >= 11 is 1.49. The Morgan fingerprint density at radius 3 is 2.60 bits per heavy atom. The number of rotatable bonds is 5. The molecule has 50 heavy (non-hydrogen) atoms. The molecule has 5 atom stereocenters. The van der Waals surface area contributed by atoms with Crippen LogP contribution in [0.1, 0.15) is 65.7 Å². The van der Waals surface area contributed by atoms with Crippen LogP contribution >= 0.6 is 11.3 Å². The highest BCUT2D eigenvalue weighted by molar-refractivity contribution is 7.13. The van der Waals surface area contributed by atoms with Crippen LogP contribution in [0.5, 0.6) is 5.88 Å². The number of hydrogen-bond donors (Lipinski definition) is 3. The SMILES string of the molecule is CC(C)(C)OC(=O)N[C@@H]1CCCCC/C=C/C2C[C@]2(C(=O)NC#N)NC(=O)[C@@H]2C[C@@H](Oc3nc4ccccc4nc3-c3cccs3)CN2C1=O. The van der Waals surface area contributed by atoms with Gasteiger partial charge >= 0.3 is 6.09 Å². The molecule has 4 amide bonds. The first-order chi connectivity index (χ1) is 24.0. The van der Waals surface area contributed by atoms with Crippen LogP contribution < -0.4 is 20.7 Å². The van der Waals surface area contributed by atoms with E-state index >= 15 is 0 Å². The number of nitrogens with one attached hydrogen (secondary N) is 3. The Bertz CT molecular complexity index is 1830. The lowest BCUT2D eigenvalue weighted by atomic mass is 10.0. The number of para-hydroxylation sites is 2. The second-order valence-corrected chi connectivity index (χ2v) is 14.9. The van der Waals surface area contributed by atoms with Crippen molar-refractivity contribution in [2.45, 2.75) is 95.0 Å². The van der Waals surface area contributed by atoms with Gasteiger partial charge in [0.25, 0.3) is 5.91 Å². The number of alkyl carbamates (subject to hydrolysis) is 1. The zero-order valence-corrected chi connectivity index (χ0v) is 29.1. The second-order valence-electron chi connectivity index (χ2n) is 13.9. The minimum absolute atomic E-state index is 0.0164. The van der Waals surface area contributed by atoms with Crippen molar-refractivity contribution in [2.75, 3.05) is 6.54 Å². The van der Waals surface area contributed by atoms with Crippen LogP contribution in [0.2, 0.25) is 0 Å². The molecular weight excluding hydrogens is 659 g/mol. The van der Waals surface area contributed by atoms with Gasteiger partial charge in [-0.1, -0.05) is 43.2 Å². The predicted molar refractivity (Wildman–Crippen MR) is 186 cm³/mol. The Morgan fingerprint density at radius 1 is 1.10 bits per heavy atom. The summed E-state index contributed by atoms with van der Waals surface area (Å²) in [6.07, 6.45) is 7.96. The summed E-state index contributed by atoms with van der Waals surface area (Å²) in [5.74, 6) is -1.64. The van der Waals surface area contributed by atoms with Gasteiger partial charge in [-0.25, -0.2) is 14.8 Å². The summed E-state index contributed by atoms with van der Waals surface area (Å²) in [6.45, 7) is 5.24. The number of nitriles is 1. The Balaban J connectivity index is 1.34. The van der Waals surface area contributed by atoms with Crippen molar-refractivity contribution in [1.29, 1.82) is 5.26 Å². The smallest absolute Gasteiger partial charge is 0.408 e. The lowest BCUT2D eigenvalue weighted by molar-refractivity contribution is -0.141. The molecule has 2 aliphatic heterocycles. The first-order valence-electron chi connectivity index (χ1n) is 16.9. The fraction of sp³-hybridized carbons (Fsp3) is 0.472. The van der Waals surface area contributed by atoms with E-state index in [9.17, 15) is 24.4 Å². The first kappa shape index (κ1) is 34.8. The van der Waals surface area contributed by atoms with Crippen LogP contribution in [-0.4, -0.2) is 74.6 Å². The minimum Gasteiger partial charge on any atom is -0.471 e. The van der Waals surface area contributed by atoms with Gasteiger partial charge in [0.1, 0.15) is 35.0 Å². The molecule has 3 aromatic rings. The van der Waals surface area contributed by atoms with E-state index in [2.05, 4.69) is 16.0 Å². The van der Waals surface area contributed by atoms with E-state index in [1.807, 2.05) is 53.9 Å². The number of fused-ring (bicyclic) bond motifs is 3. The lowest BCUT2D eigenvalue weighted by Crippen LogP contribution is -2.57. The number of carbonyl (C=O) groups is 4. The molecule has 13 nitrogen and oxygen atoms in total. The Morgan fingerprint density at radius 2 is 1.88 bits per heavy atom. The number of carbonyl (C=O) groups excluding carboxylic acids is 4. The molecule has 6 rings (SSSR count). The van der Waals surface area contributed by atoms with Gasteiger partial charge in [0.2, 0.25) is 17.7 Å². The fourth-order valence-electron chi connectivity index (χ4n) is 6.58. The van der Waals surface area contributed by atoms with E-state index in [1.165, 1.54) is 16.2 Å². The van der Waals surface area contributed by atoms with E-state index in [0.29, 0.717) is 36.0 Å². The van der Waals surface area contributed by atoms with Gasteiger partial charge in [0.15, 0.2) is 6.19 Å². The molecular formula is C36H41N7O6S. The number of nitrogens with zero attached hydrogens (tertiary/aromatic N) is 4. The molecule has 0 bridgehead atoms. The molecule has 1 saturated heterocycles. The number of aromatic nitrogens is 2. The van der Waals surface area contributed by atoms with Gasteiger partial charge < -0.3 is 25.0 Å². The van der Waals surface area contributed by atoms with Gasteiger partial charge in [0, 0.05) is 12.3 Å². The summed E-state index contributed by atoms with van der Waals surface area (Å²) in [5, 5.41) is 19.0. The summed E-state index contributed by atoms with van der Waals surface area (Å²) in [6, 6.07) is 9.27. The largest absolute Gasteiger partial charge is 0.471 e. The number of thiophene rings is 1. The Hall–Kier alpha value is -5.03. The maximum absolute atomic E-state index is 14.4. The third-order valence-corrected chi connectivity index (χ3v) is 9.95. The quantitative estimate of drug-likeness (QED) is 0.195. The van der Waals surface area contributed by atoms with E-state index in [-0.39, 0.29) is 24.8 Å². The van der Waals surface area contributed by atoms with Gasteiger partial charge in [-0.15, -0.1) is 11.3 Å². The van der Waals surface area contributed by atoms with Crippen molar-refractivity contribution < 1.29 is 28.7 Å². The standard InChI is InChI=1S/C36H41N7O6S/c1-35(2,3)49-34(47)41-26-15-8-6-4-5-7-12-22-19-36(22,33(46)38-21-37)42-30(44)27-18-23(20-43(27)32(26)45)48-31-29(28-16-11-17-50-28)39-24-13-9-10-14-25(24)40-31/h7,9-14,16-17,22-23,26-27H,4-6,8,15,18-20H2,1-3H3,(H,38,46)(H,41,47)(H,42,44)/b12-7+/t22?,23-,26-,27+,36+/m1/s1. The van der Waals surface area contributed by atoms with E-state index < -0.39 is 53.1 Å². The van der Waals surface area contributed by atoms with Crippen LogP contribution in [0.25, 0.3) is 21.6 Å². The zero-order chi connectivity index (χ0) is 35.5. The molecule has 1 aliphatic carbocycles. The van der Waals surface area contributed by atoms with E-state index in [0.717, 1.165) is 24.1 Å². The van der Waals surface area contributed by atoms with Crippen molar-refractivity contribution in [1.82, 2.24) is 30.8 Å². The number of amides is 4. The van der Waals surface area contributed by atoms with Crippen molar-refractivity contribution in [2.24, 2.45) is 5.92 Å². The molecule has 1 saturated carbocycles. The van der Waals surface area contributed by atoms with Gasteiger partial charge in [-0.2, -0.15) is 5.26 Å². The Labute approximate surface area is 294 Å². The van der Waals surface area contributed by atoms with Crippen molar-refractivity contribution in [3.63, 3.8) is 0 Å². The highest BCUT2D eigenvalue weighted by atomic mass is 32.1. The average molecular weight is 700 g/mol. The summed E-state index contributed by atoms with van der Waals surface area (Å²) in [7, 11) is 0. The summed E-state index contributed by atoms with van der Waals surface area (Å²) in [4.78, 5) is 66.6. The summed E-state index contributed by atoms with van der Waals surface area (Å²) in [5.41, 5.74) is -0.231. The predicted octanol–water partition coefficient (Wildman–Crippen LogP) is 4.59. The molecule has 2 aromatic heterocycles. The first-order valence-corrected chi connectivity index (χ1v) is 17.8. The zero-order valence-electron chi connectivity index (χ0n) is 28.3. The monoisotopic (exact) mass is 699 g/mol. The highest BCUT2D eigenvalue weighted by Crippen LogP contribution is 2.45. The third kappa shape index (κ3) is 7.73. The third-order valence-electron chi connectivity index (χ3n) is 9.08. The van der Waals surface area contributed by atoms with Gasteiger partial charge in [-0.05, 0) is 70.0 Å². The normalized spacial score (nSPS) is 26.2. The van der Waals surface area contributed by atoms with Crippen LogP contribution in [0.15, 0.2) is 53.9 Å². The van der Waals surface area contributed by atoms with E-state index in [1.54, 1.807) is 27.0 Å². The maximum Gasteiger partial charge on any atom is 0.408 e. The molecule has 14 heteroatoms. The molecule has 2 fully saturated rings. The maximum atomic E-state index is 14.4. The van der Waals surface area contributed by atoms with Crippen molar-refractivity contribution in [3.8, 4) is 22.6 Å². The van der Waals surface area contributed by atoms with Crippen LogP contribution in [0, 0.1) is 17.4 Å². The minimum atomic E-state index is -1.32. The number of ether oxygens (including phenoxy) is 2. The summed E-state index contributed by atoms with van der Waals surface area (Å²) < 4.78 is 12.0. The molecule has 1 unspecified atom stereocenters. The Kier molecular flexibility index (Phi) is 10.1. The highest BCUT2D eigenvalue weighted by Gasteiger charge is 2.61. The molecule has 0 radical (unpaired) electrons. The van der Waals surface area contributed by atoms with Gasteiger partial charge in [0.05, 0.1) is 22.5 Å². The average Bonchev–Trinajstić information content (AvgIpc) is 3.38. The van der Waals surface area contributed by atoms with Crippen LogP contribution in [-0.2, 0) is 19.1 Å². The fourth-order valence-corrected chi connectivity index (χ4v) is 7.28. The molecule has 4 heterocycles. The van der Waals surface area contributed by atoms with Gasteiger partial charge in [-0.3, -0.25) is 19.7 Å².